The van der Waals surface area contributed by atoms with Gasteiger partial charge in [-0.05, 0) is 17.7 Å². The first-order chi connectivity index (χ1) is 10.7. The van der Waals surface area contributed by atoms with E-state index in [1.165, 1.54) is 12.1 Å². The smallest absolute Gasteiger partial charge is 0.123 e. The number of aliphatic hydroxyl groups is 2. The highest BCUT2D eigenvalue weighted by molar-refractivity contribution is 5.20. The number of benzene rings is 1. The van der Waals surface area contributed by atoms with Gasteiger partial charge in [0.1, 0.15) is 5.82 Å². The maximum Gasteiger partial charge on any atom is 0.123 e. The molecule has 124 valence electrons. The molecule has 5 nitrogen and oxygen atoms in total. The van der Waals surface area contributed by atoms with Crippen molar-refractivity contribution in [3.05, 3.63) is 35.6 Å². The molecule has 1 fully saturated rings. The van der Waals surface area contributed by atoms with Gasteiger partial charge in [-0.25, -0.2) is 4.39 Å². The molecule has 1 atom stereocenters. The SMILES string of the molecule is OCCN(CCO)C(CN1CCNCC1)c1ccc(F)cc1. The largest absolute Gasteiger partial charge is 0.395 e. The zero-order valence-electron chi connectivity index (χ0n) is 12.9. The summed E-state index contributed by atoms with van der Waals surface area (Å²) in [6.45, 7) is 5.77. The fourth-order valence-corrected chi connectivity index (χ4v) is 2.94. The van der Waals surface area contributed by atoms with Crippen molar-refractivity contribution in [2.24, 2.45) is 0 Å². The van der Waals surface area contributed by atoms with E-state index in [4.69, 9.17) is 0 Å². The van der Waals surface area contributed by atoms with Crippen LogP contribution in [0.15, 0.2) is 24.3 Å². The van der Waals surface area contributed by atoms with E-state index in [9.17, 15) is 14.6 Å². The molecule has 1 unspecified atom stereocenters. The molecular weight excluding hydrogens is 285 g/mol. The lowest BCUT2D eigenvalue weighted by Crippen LogP contribution is -2.48. The molecule has 1 aliphatic rings. The van der Waals surface area contributed by atoms with E-state index in [-0.39, 0.29) is 25.1 Å². The Morgan fingerprint density at radius 1 is 1.09 bits per heavy atom. The molecule has 0 bridgehead atoms. The Morgan fingerprint density at radius 3 is 2.23 bits per heavy atom. The van der Waals surface area contributed by atoms with E-state index >= 15 is 0 Å². The van der Waals surface area contributed by atoms with E-state index in [0.717, 1.165) is 38.3 Å². The molecule has 0 saturated carbocycles. The summed E-state index contributed by atoms with van der Waals surface area (Å²) >= 11 is 0. The zero-order chi connectivity index (χ0) is 15.8. The average molecular weight is 311 g/mol. The standard InChI is InChI=1S/C16H26FN3O2/c17-15-3-1-14(2-4-15)16(20(9-11-21)10-12-22)13-19-7-5-18-6-8-19/h1-4,16,18,21-22H,5-13H2. The number of hydrogen-bond acceptors (Lipinski definition) is 5. The number of nitrogens with zero attached hydrogens (tertiary/aromatic N) is 2. The molecule has 0 aliphatic carbocycles. The van der Waals surface area contributed by atoms with Crippen LogP contribution in [0.2, 0.25) is 0 Å². The van der Waals surface area contributed by atoms with Crippen LogP contribution >= 0.6 is 0 Å². The second-order valence-corrected chi connectivity index (χ2v) is 5.60. The van der Waals surface area contributed by atoms with Crippen molar-refractivity contribution in [1.29, 1.82) is 0 Å². The molecule has 2 rings (SSSR count). The Kier molecular flexibility index (Phi) is 7.21. The molecule has 0 spiro atoms. The topological polar surface area (TPSA) is 59.0 Å². The van der Waals surface area contributed by atoms with E-state index in [1.54, 1.807) is 12.1 Å². The molecule has 0 radical (unpaired) electrons. The van der Waals surface area contributed by atoms with Gasteiger partial charge >= 0.3 is 0 Å². The quantitative estimate of drug-likeness (QED) is 0.634. The summed E-state index contributed by atoms with van der Waals surface area (Å²) in [5.74, 6) is -0.250. The van der Waals surface area contributed by atoms with Crippen LogP contribution in [0, 0.1) is 5.82 Å². The summed E-state index contributed by atoms with van der Waals surface area (Å²) in [6, 6.07) is 6.57. The minimum atomic E-state index is -0.250. The van der Waals surface area contributed by atoms with Crippen LogP contribution < -0.4 is 5.32 Å². The monoisotopic (exact) mass is 311 g/mol. The van der Waals surface area contributed by atoms with Crippen LogP contribution in [0.1, 0.15) is 11.6 Å². The number of rotatable bonds is 8. The van der Waals surface area contributed by atoms with Crippen molar-refractivity contribution in [1.82, 2.24) is 15.1 Å². The first-order valence-electron chi connectivity index (χ1n) is 7.89. The first kappa shape index (κ1) is 17.3. The number of halogens is 1. The number of hydrogen-bond donors (Lipinski definition) is 3. The number of aliphatic hydroxyl groups excluding tert-OH is 2. The van der Waals surface area contributed by atoms with Crippen LogP contribution in [-0.4, -0.2) is 79.0 Å². The van der Waals surface area contributed by atoms with Crippen molar-refractivity contribution in [3.63, 3.8) is 0 Å². The molecule has 1 aromatic rings. The number of nitrogens with one attached hydrogen (secondary N) is 1. The van der Waals surface area contributed by atoms with E-state index < -0.39 is 0 Å². The summed E-state index contributed by atoms with van der Waals surface area (Å²) in [6.07, 6.45) is 0. The third kappa shape index (κ3) is 5.00. The Labute approximate surface area is 131 Å². The molecule has 0 amide bonds. The fourth-order valence-electron chi connectivity index (χ4n) is 2.94. The summed E-state index contributed by atoms with van der Waals surface area (Å²) in [5.41, 5.74) is 1.02. The van der Waals surface area contributed by atoms with Crippen molar-refractivity contribution in [3.8, 4) is 0 Å². The molecule has 1 heterocycles. The second kappa shape index (κ2) is 9.17. The molecule has 0 aromatic heterocycles. The van der Waals surface area contributed by atoms with Crippen molar-refractivity contribution < 1.29 is 14.6 Å². The molecule has 22 heavy (non-hydrogen) atoms. The third-order valence-electron chi connectivity index (χ3n) is 4.11. The van der Waals surface area contributed by atoms with Crippen molar-refractivity contribution in [2.75, 3.05) is 59.0 Å². The second-order valence-electron chi connectivity index (χ2n) is 5.60. The van der Waals surface area contributed by atoms with Crippen LogP contribution in [0.3, 0.4) is 0 Å². The van der Waals surface area contributed by atoms with Gasteiger partial charge in [-0.3, -0.25) is 9.80 Å². The normalized spacial score (nSPS) is 17.8. The first-order valence-corrected chi connectivity index (χ1v) is 7.89. The lowest BCUT2D eigenvalue weighted by Gasteiger charge is -2.37. The van der Waals surface area contributed by atoms with Gasteiger partial charge in [-0.2, -0.15) is 0 Å². The van der Waals surface area contributed by atoms with Crippen LogP contribution in [0.25, 0.3) is 0 Å². The molecular formula is C16H26FN3O2. The van der Waals surface area contributed by atoms with Gasteiger partial charge in [0.15, 0.2) is 0 Å². The predicted octanol–water partition coefficient (Wildman–Crippen LogP) is 0.0586. The summed E-state index contributed by atoms with van der Waals surface area (Å²) in [4.78, 5) is 4.43. The highest BCUT2D eigenvalue weighted by atomic mass is 19.1. The minimum absolute atomic E-state index is 0.0398. The maximum absolute atomic E-state index is 13.2. The lowest BCUT2D eigenvalue weighted by atomic mass is 10.0. The van der Waals surface area contributed by atoms with Crippen molar-refractivity contribution >= 4 is 0 Å². The Morgan fingerprint density at radius 2 is 1.68 bits per heavy atom. The van der Waals surface area contributed by atoms with Gasteiger partial charge in [-0.1, -0.05) is 12.1 Å². The highest BCUT2D eigenvalue weighted by Crippen LogP contribution is 2.22. The lowest BCUT2D eigenvalue weighted by molar-refractivity contribution is 0.0903. The number of piperazine rings is 1. The van der Waals surface area contributed by atoms with Gasteiger partial charge in [0, 0.05) is 51.9 Å². The molecule has 3 N–H and O–H groups in total. The van der Waals surface area contributed by atoms with Crippen LogP contribution in [-0.2, 0) is 0 Å². The molecule has 6 heteroatoms. The predicted molar refractivity (Wildman–Crippen MR) is 84.2 cm³/mol. The minimum Gasteiger partial charge on any atom is -0.395 e. The average Bonchev–Trinajstić information content (AvgIpc) is 2.54. The Balaban J connectivity index is 2.15. The Hall–Kier alpha value is -1.05. The van der Waals surface area contributed by atoms with E-state index in [1.807, 2.05) is 0 Å². The summed E-state index contributed by atoms with van der Waals surface area (Å²) in [7, 11) is 0. The van der Waals surface area contributed by atoms with E-state index in [2.05, 4.69) is 15.1 Å². The van der Waals surface area contributed by atoms with Gasteiger partial charge in [0.05, 0.1) is 13.2 Å². The van der Waals surface area contributed by atoms with Crippen LogP contribution in [0.4, 0.5) is 4.39 Å². The van der Waals surface area contributed by atoms with Gasteiger partial charge in [-0.15, -0.1) is 0 Å². The molecule has 1 aromatic carbocycles. The third-order valence-corrected chi connectivity index (χ3v) is 4.11. The molecule has 1 saturated heterocycles. The van der Waals surface area contributed by atoms with Gasteiger partial charge in [0.2, 0.25) is 0 Å². The highest BCUT2D eigenvalue weighted by Gasteiger charge is 2.23. The molecule has 1 aliphatic heterocycles. The maximum atomic E-state index is 13.2. The fraction of sp³-hybridized carbons (Fsp3) is 0.625. The van der Waals surface area contributed by atoms with Gasteiger partial charge < -0.3 is 15.5 Å². The Bertz CT molecular complexity index is 418. The van der Waals surface area contributed by atoms with Gasteiger partial charge in [0.25, 0.3) is 0 Å². The zero-order valence-corrected chi connectivity index (χ0v) is 12.9. The van der Waals surface area contributed by atoms with Crippen LogP contribution in [0.5, 0.6) is 0 Å². The summed E-state index contributed by atoms with van der Waals surface area (Å²) < 4.78 is 13.2. The van der Waals surface area contributed by atoms with E-state index in [0.29, 0.717) is 13.1 Å². The summed E-state index contributed by atoms with van der Waals surface area (Å²) in [5, 5.41) is 21.9. The van der Waals surface area contributed by atoms with Crippen molar-refractivity contribution in [2.45, 2.75) is 6.04 Å².